The van der Waals surface area contributed by atoms with Crippen LogP contribution in [0.25, 0.3) is 11.3 Å². The van der Waals surface area contributed by atoms with Crippen LogP contribution in [0.5, 0.6) is 0 Å². The zero-order valence-corrected chi connectivity index (χ0v) is 20.5. The largest absolute Gasteiger partial charge is 0.356 e. The standard InChI is InChI=1S/C28H31N5O3/c1-22(35-27-8-4-6-18-34-27)28-30-14-17-33(28)20-25-19-26(36-31-25)24-11-9-23(10-12-24)7-3-2-5-15-32-16-13-29-21-32/h9-14,16-17,19,21-22,27H,2,4-6,8,15,18,20H2,1H3/t22-,27?/m0/s1. The molecule has 36 heavy (non-hydrogen) atoms. The molecule has 8 nitrogen and oxygen atoms in total. The van der Waals surface area contributed by atoms with Crippen LogP contribution in [0, 0.1) is 11.8 Å². The minimum atomic E-state index is -0.172. The molecule has 1 aromatic carbocycles. The van der Waals surface area contributed by atoms with Crippen molar-refractivity contribution in [3.63, 3.8) is 0 Å². The molecule has 4 heterocycles. The maximum atomic E-state index is 6.09. The van der Waals surface area contributed by atoms with Gasteiger partial charge in [0.25, 0.3) is 0 Å². The van der Waals surface area contributed by atoms with Crippen molar-refractivity contribution >= 4 is 0 Å². The highest BCUT2D eigenvalue weighted by molar-refractivity contribution is 5.59. The summed E-state index contributed by atoms with van der Waals surface area (Å²) in [6, 6.07) is 10.0. The molecule has 5 rings (SSSR count). The molecule has 8 heteroatoms. The third-order valence-corrected chi connectivity index (χ3v) is 6.18. The summed E-state index contributed by atoms with van der Waals surface area (Å²) in [4.78, 5) is 8.56. The smallest absolute Gasteiger partial charge is 0.167 e. The molecule has 4 aromatic rings. The Labute approximate surface area is 211 Å². The van der Waals surface area contributed by atoms with Crippen molar-refractivity contribution in [1.29, 1.82) is 0 Å². The van der Waals surface area contributed by atoms with Crippen LogP contribution in [0.15, 0.2) is 66.0 Å². The van der Waals surface area contributed by atoms with E-state index in [4.69, 9.17) is 14.0 Å². The lowest BCUT2D eigenvalue weighted by Crippen LogP contribution is -2.24. The van der Waals surface area contributed by atoms with Crippen LogP contribution >= 0.6 is 0 Å². The summed E-state index contributed by atoms with van der Waals surface area (Å²) in [6.07, 6.45) is 14.0. The number of aryl methyl sites for hydroxylation is 1. The van der Waals surface area contributed by atoms with Gasteiger partial charge in [0.05, 0.1) is 12.9 Å². The number of rotatable bonds is 9. The first-order chi connectivity index (χ1) is 17.7. The summed E-state index contributed by atoms with van der Waals surface area (Å²) in [5.41, 5.74) is 2.78. The van der Waals surface area contributed by atoms with Gasteiger partial charge in [0.15, 0.2) is 12.1 Å². The molecular formula is C28H31N5O3. The van der Waals surface area contributed by atoms with Gasteiger partial charge in [-0.2, -0.15) is 0 Å². The zero-order chi connectivity index (χ0) is 24.6. The fourth-order valence-corrected chi connectivity index (χ4v) is 4.27. The molecule has 0 aliphatic carbocycles. The number of hydrogen-bond acceptors (Lipinski definition) is 6. The van der Waals surface area contributed by atoms with E-state index in [9.17, 15) is 0 Å². The minimum absolute atomic E-state index is 0.160. The van der Waals surface area contributed by atoms with E-state index >= 15 is 0 Å². The number of imidazole rings is 2. The van der Waals surface area contributed by atoms with Crippen LogP contribution in [-0.2, 0) is 22.6 Å². The van der Waals surface area contributed by atoms with E-state index in [0.29, 0.717) is 6.54 Å². The Kier molecular flexibility index (Phi) is 7.91. The second kappa shape index (κ2) is 11.8. The van der Waals surface area contributed by atoms with Gasteiger partial charge in [-0.1, -0.05) is 17.0 Å². The highest BCUT2D eigenvalue weighted by Crippen LogP contribution is 2.25. The number of nitrogens with zero attached hydrogens (tertiary/aromatic N) is 5. The molecule has 0 N–H and O–H groups in total. The van der Waals surface area contributed by atoms with Gasteiger partial charge in [0, 0.05) is 61.6 Å². The first-order valence-corrected chi connectivity index (χ1v) is 12.5. The van der Waals surface area contributed by atoms with Gasteiger partial charge in [-0.05, 0) is 56.9 Å². The van der Waals surface area contributed by atoms with Crippen LogP contribution in [-0.4, -0.2) is 37.2 Å². The van der Waals surface area contributed by atoms with Crippen LogP contribution in [0.2, 0.25) is 0 Å². The first kappa shape index (κ1) is 24.0. The number of ether oxygens (including phenoxy) is 2. The van der Waals surface area contributed by atoms with E-state index in [0.717, 1.165) is 73.7 Å². The fourth-order valence-electron chi connectivity index (χ4n) is 4.27. The number of unbranched alkanes of at least 4 members (excludes halogenated alkanes) is 1. The highest BCUT2D eigenvalue weighted by Gasteiger charge is 2.21. The van der Waals surface area contributed by atoms with E-state index < -0.39 is 0 Å². The summed E-state index contributed by atoms with van der Waals surface area (Å²) in [7, 11) is 0. The monoisotopic (exact) mass is 485 g/mol. The van der Waals surface area contributed by atoms with Crippen molar-refractivity contribution < 1.29 is 14.0 Å². The quantitative estimate of drug-likeness (QED) is 0.239. The van der Waals surface area contributed by atoms with Crippen molar-refractivity contribution in [1.82, 2.24) is 24.3 Å². The average Bonchev–Trinajstić information content (AvgIpc) is 3.68. The molecule has 0 bridgehead atoms. The molecule has 0 amide bonds. The van der Waals surface area contributed by atoms with E-state index in [1.807, 2.05) is 60.5 Å². The number of hydrogen-bond donors (Lipinski definition) is 0. The molecule has 0 spiro atoms. The van der Waals surface area contributed by atoms with Crippen molar-refractivity contribution in [3.8, 4) is 23.2 Å². The molecule has 1 saturated heterocycles. The van der Waals surface area contributed by atoms with Crippen LogP contribution in [0.3, 0.4) is 0 Å². The van der Waals surface area contributed by atoms with Crippen molar-refractivity contribution in [3.05, 3.63) is 78.5 Å². The lowest BCUT2D eigenvalue weighted by Gasteiger charge is -2.26. The normalized spacial score (nSPS) is 16.4. The Morgan fingerprint density at radius 2 is 2.08 bits per heavy atom. The maximum Gasteiger partial charge on any atom is 0.167 e. The number of benzene rings is 1. The topological polar surface area (TPSA) is 80.1 Å². The van der Waals surface area contributed by atoms with Crippen molar-refractivity contribution in [2.24, 2.45) is 0 Å². The van der Waals surface area contributed by atoms with Gasteiger partial charge >= 0.3 is 0 Å². The number of aromatic nitrogens is 5. The molecular weight excluding hydrogens is 454 g/mol. The van der Waals surface area contributed by atoms with E-state index in [2.05, 4.69) is 31.5 Å². The predicted octanol–water partition coefficient (Wildman–Crippen LogP) is 5.22. The third-order valence-electron chi connectivity index (χ3n) is 6.18. The lowest BCUT2D eigenvalue weighted by atomic mass is 10.1. The highest BCUT2D eigenvalue weighted by atomic mass is 16.7. The second-order valence-corrected chi connectivity index (χ2v) is 8.95. The molecule has 1 aliphatic heterocycles. The van der Waals surface area contributed by atoms with Gasteiger partial charge in [-0.25, -0.2) is 9.97 Å². The van der Waals surface area contributed by atoms with E-state index in [1.165, 1.54) is 0 Å². The van der Waals surface area contributed by atoms with Crippen molar-refractivity contribution in [2.45, 2.75) is 64.5 Å². The Bertz CT molecular complexity index is 1270. The lowest BCUT2D eigenvalue weighted by molar-refractivity contribution is -0.188. The predicted molar refractivity (Wildman–Crippen MR) is 135 cm³/mol. The summed E-state index contributed by atoms with van der Waals surface area (Å²) >= 11 is 0. The summed E-state index contributed by atoms with van der Waals surface area (Å²) in [5.74, 6) is 8.05. The second-order valence-electron chi connectivity index (χ2n) is 8.95. The van der Waals surface area contributed by atoms with Gasteiger partial charge < -0.3 is 23.1 Å². The summed E-state index contributed by atoms with van der Waals surface area (Å²) in [6.45, 7) is 4.26. The summed E-state index contributed by atoms with van der Waals surface area (Å²) < 4.78 is 21.5. The Balaban J connectivity index is 1.15. The summed E-state index contributed by atoms with van der Waals surface area (Å²) in [5, 5.41) is 4.27. The molecule has 1 fully saturated rings. The SMILES string of the molecule is C[C@H](OC1CCCCO1)c1nccn1Cc1cc(-c2ccc(C#CCCCn3ccnc3)cc2)on1. The molecule has 3 aromatic heterocycles. The van der Waals surface area contributed by atoms with Crippen LogP contribution in [0.1, 0.15) is 62.2 Å². The van der Waals surface area contributed by atoms with Crippen molar-refractivity contribution in [2.75, 3.05) is 6.61 Å². The maximum absolute atomic E-state index is 6.09. The zero-order valence-electron chi connectivity index (χ0n) is 20.5. The third kappa shape index (κ3) is 6.30. The molecule has 186 valence electrons. The van der Waals surface area contributed by atoms with Crippen LogP contribution < -0.4 is 0 Å². The fraction of sp³-hybridized carbons (Fsp3) is 0.393. The molecule has 1 unspecified atom stereocenters. The van der Waals surface area contributed by atoms with Gasteiger partial charge in [0.2, 0.25) is 0 Å². The average molecular weight is 486 g/mol. The Morgan fingerprint density at radius 3 is 2.89 bits per heavy atom. The Morgan fingerprint density at radius 1 is 1.17 bits per heavy atom. The van der Waals surface area contributed by atoms with E-state index in [1.54, 1.807) is 12.4 Å². The van der Waals surface area contributed by atoms with E-state index in [-0.39, 0.29) is 12.4 Å². The Hall–Kier alpha value is -3.67. The molecule has 1 aliphatic rings. The molecule has 0 radical (unpaired) electrons. The molecule has 2 atom stereocenters. The molecule has 0 saturated carbocycles. The van der Waals surface area contributed by atoms with Gasteiger partial charge in [-0.15, -0.1) is 0 Å². The minimum Gasteiger partial charge on any atom is -0.356 e. The van der Waals surface area contributed by atoms with Gasteiger partial charge in [-0.3, -0.25) is 0 Å². The first-order valence-electron chi connectivity index (χ1n) is 12.5. The van der Waals surface area contributed by atoms with Gasteiger partial charge in [0.1, 0.15) is 17.6 Å². The van der Waals surface area contributed by atoms with Crippen LogP contribution in [0.4, 0.5) is 0 Å².